The molecule has 612 valence electrons. The van der Waals surface area contributed by atoms with Gasteiger partial charge < -0.3 is 33.8 Å². The van der Waals surface area contributed by atoms with Gasteiger partial charge >= 0.3 is 39.5 Å². The lowest BCUT2D eigenvalue weighted by Gasteiger charge is -2.21. The topological polar surface area (TPSA) is 237 Å². The zero-order valence-corrected chi connectivity index (χ0v) is 69.4. The minimum atomic E-state index is -4.96. The van der Waals surface area contributed by atoms with Crippen LogP contribution in [0.4, 0.5) is 0 Å². The number of phosphoric acid groups is 2. The van der Waals surface area contributed by atoms with Gasteiger partial charge in [0, 0.05) is 25.7 Å². The van der Waals surface area contributed by atoms with Crippen LogP contribution in [0.5, 0.6) is 0 Å². The van der Waals surface area contributed by atoms with Crippen LogP contribution in [0.3, 0.4) is 0 Å². The van der Waals surface area contributed by atoms with Crippen LogP contribution in [-0.4, -0.2) is 96.7 Å². The van der Waals surface area contributed by atoms with Gasteiger partial charge in [-0.1, -0.05) is 395 Å². The number of aliphatic hydroxyl groups excluding tert-OH is 1. The summed E-state index contributed by atoms with van der Waals surface area (Å²) in [5.41, 5.74) is 0. The number of rotatable bonds is 83. The van der Waals surface area contributed by atoms with Crippen LogP contribution >= 0.6 is 15.6 Å². The number of phosphoric ester groups is 2. The van der Waals surface area contributed by atoms with Gasteiger partial charge in [0.1, 0.15) is 19.3 Å². The number of hydrogen-bond acceptors (Lipinski definition) is 15. The lowest BCUT2D eigenvalue weighted by atomic mass is 10.0. The second-order valence-electron chi connectivity index (χ2n) is 31.2. The molecule has 0 aliphatic rings. The molecule has 0 fully saturated rings. The van der Waals surface area contributed by atoms with Gasteiger partial charge in [0.05, 0.1) is 26.4 Å². The Morgan fingerprint density at radius 2 is 0.447 bits per heavy atom. The maximum absolute atomic E-state index is 13.1. The Morgan fingerprint density at radius 3 is 0.660 bits per heavy atom. The van der Waals surface area contributed by atoms with E-state index in [2.05, 4.69) is 41.5 Å². The molecule has 0 saturated heterocycles. The van der Waals surface area contributed by atoms with E-state index in [1.54, 1.807) is 0 Å². The molecule has 0 aromatic heterocycles. The molecule has 3 N–H and O–H groups in total. The van der Waals surface area contributed by atoms with Crippen LogP contribution in [0.15, 0.2) is 0 Å². The zero-order valence-electron chi connectivity index (χ0n) is 67.6. The highest BCUT2D eigenvalue weighted by molar-refractivity contribution is 7.47. The lowest BCUT2D eigenvalue weighted by molar-refractivity contribution is -0.161. The second kappa shape index (κ2) is 75.5. The van der Waals surface area contributed by atoms with E-state index >= 15 is 0 Å². The number of carbonyl (C=O) groups excluding carboxylic acids is 4. The molecule has 0 aromatic carbocycles. The molecule has 0 aromatic rings. The van der Waals surface area contributed by atoms with E-state index in [0.717, 1.165) is 102 Å². The van der Waals surface area contributed by atoms with Gasteiger partial charge in [0.2, 0.25) is 0 Å². The maximum Gasteiger partial charge on any atom is 0.472 e. The van der Waals surface area contributed by atoms with E-state index in [0.29, 0.717) is 25.7 Å². The molecule has 0 aliphatic carbocycles. The van der Waals surface area contributed by atoms with Crippen LogP contribution < -0.4 is 0 Å². The number of ether oxygens (including phenoxy) is 4. The molecule has 2 unspecified atom stereocenters. The third kappa shape index (κ3) is 78.0. The molecular weight excluding hydrogens is 1340 g/mol. The van der Waals surface area contributed by atoms with Gasteiger partial charge in [0.25, 0.3) is 0 Å². The van der Waals surface area contributed by atoms with Crippen molar-refractivity contribution in [2.24, 2.45) is 11.8 Å². The molecule has 0 amide bonds. The fourth-order valence-electron chi connectivity index (χ4n) is 13.1. The Bertz CT molecular complexity index is 1980. The first kappa shape index (κ1) is 101. The molecule has 17 nitrogen and oxygen atoms in total. The molecule has 0 spiro atoms. The van der Waals surface area contributed by atoms with Crippen molar-refractivity contribution in [1.82, 2.24) is 0 Å². The first-order valence-electron chi connectivity index (χ1n) is 43.5. The summed E-state index contributed by atoms with van der Waals surface area (Å²) >= 11 is 0. The van der Waals surface area contributed by atoms with E-state index in [4.69, 9.17) is 37.0 Å². The van der Waals surface area contributed by atoms with E-state index in [1.807, 2.05) is 0 Å². The predicted molar refractivity (Wildman–Crippen MR) is 423 cm³/mol. The Hall–Kier alpha value is -1.94. The fourth-order valence-corrected chi connectivity index (χ4v) is 14.6. The van der Waals surface area contributed by atoms with Crippen molar-refractivity contribution in [1.29, 1.82) is 0 Å². The molecule has 5 atom stereocenters. The minimum absolute atomic E-state index is 0.108. The van der Waals surface area contributed by atoms with Crippen molar-refractivity contribution in [3.63, 3.8) is 0 Å². The van der Waals surface area contributed by atoms with E-state index in [9.17, 15) is 43.2 Å². The van der Waals surface area contributed by atoms with E-state index < -0.39 is 97.5 Å². The van der Waals surface area contributed by atoms with Crippen LogP contribution in [0.25, 0.3) is 0 Å². The molecule has 0 heterocycles. The number of unbranched alkanes of at least 4 members (excludes halogenated alkanes) is 53. The Labute approximate surface area is 632 Å². The van der Waals surface area contributed by atoms with Crippen molar-refractivity contribution in [2.75, 3.05) is 39.6 Å². The summed E-state index contributed by atoms with van der Waals surface area (Å²) in [5, 5.41) is 10.7. The zero-order chi connectivity index (χ0) is 75.6. The predicted octanol–water partition coefficient (Wildman–Crippen LogP) is 25.5. The highest BCUT2D eigenvalue weighted by Crippen LogP contribution is 2.45. The Morgan fingerprint density at radius 1 is 0.262 bits per heavy atom. The summed E-state index contributed by atoms with van der Waals surface area (Å²) in [6, 6.07) is 0. The summed E-state index contributed by atoms with van der Waals surface area (Å²) in [6.45, 7) is 9.71. The summed E-state index contributed by atoms with van der Waals surface area (Å²) < 4.78 is 68.9. The summed E-state index contributed by atoms with van der Waals surface area (Å²) in [6.07, 6.45) is 66.5. The smallest absolute Gasteiger partial charge is 0.462 e. The average Bonchev–Trinajstić information content (AvgIpc) is 0.913. The van der Waals surface area contributed by atoms with Crippen LogP contribution in [0.1, 0.15) is 446 Å². The van der Waals surface area contributed by atoms with Crippen molar-refractivity contribution < 1.29 is 80.2 Å². The largest absolute Gasteiger partial charge is 0.472 e. The van der Waals surface area contributed by atoms with Gasteiger partial charge in [-0.2, -0.15) is 0 Å². The Balaban J connectivity index is 5.26. The monoisotopic (exact) mass is 1510 g/mol. The fraction of sp³-hybridized carbons (Fsp3) is 0.952. The highest BCUT2D eigenvalue weighted by atomic mass is 31.2. The summed E-state index contributed by atoms with van der Waals surface area (Å²) in [5.74, 6) is -0.513. The number of esters is 4. The third-order valence-electron chi connectivity index (χ3n) is 19.7. The molecule has 0 bridgehead atoms. The molecule has 103 heavy (non-hydrogen) atoms. The van der Waals surface area contributed by atoms with Crippen LogP contribution in [-0.2, 0) is 65.4 Å². The highest BCUT2D eigenvalue weighted by Gasteiger charge is 2.30. The lowest BCUT2D eigenvalue weighted by Crippen LogP contribution is -2.30. The normalized spacial score (nSPS) is 13.9. The minimum Gasteiger partial charge on any atom is -0.462 e. The molecule has 0 rings (SSSR count). The molecular formula is C84H164O17P2. The van der Waals surface area contributed by atoms with Crippen molar-refractivity contribution in [3.05, 3.63) is 0 Å². The SMILES string of the molecule is CCCCCCCCCCCCCCCCCCCC(=O)OC[C@H](COP(=O)(O)OC[C@@H](O)COP(=O)(O)OC[C@@H](COC(=O)CCCCCCCCCCCCCC)OC(=O)CCCCCCCCCCCCCCCC(C)C)OC(=O)CCCCCCCCCCCCCCCCCC(C)C. The summed E-state index contributed by atoms with van der Waals surface area (Å²) in [4.78, 5) is 73.2. The second-order valence-corrected chi connectivity index (χ2v) is 34.1. The quantitative estimate of drug-likeness (QED) is 0.0222. The first-order chi connectivity index (χ1) is 49.9. The third-order valence-corrected chi connectivity index (χ3v) is 21.6. The molecule has 0 saturated carbocycles. The molecule has 0 radical (unpaired) electrons. The Kier molecular flexibility index (Phi) is 74.1. The average molecular weight is 1510 g/mol. The number of hydrogen-bond donors (Lipinski definition) is 3. The van der Waals surface area contributed by atoms with Crippen molar-refractivity contribution in [3.8, 4) is 0 Å². The van der Waals surface area contributed by atoms with Crippen molar-refractivity contribution in [2.45, 2.75) is 464 Å². The number of carbonyl (C=O) groups is 4. The van der Waals surface area contributed by atoms with Gasteiger partial charge in [-0.05, 0) is 37.5 Å². The van der Waals surface area contributed by atoms with Gasteiger partial charge in [0.15, 0.2) is 12.2 Å². The summed E-state index contributed by atoms with van der Waals surface area (Å²) in [7, 11) is -9.93. The van der Waals surface area contributed by atoms with Gasteiger partial charge in [-0.25, -0.2) is 9.13 Å². The van der Waals surface area contributed by atoms with E-state index in [-0.39, 0.29) is 25.7 Å². The van der Waals surface area contributed by atoms with Crippen molar-refractivity contribution >= 4 is 39.5 Å². The molecule has 19 heteroatoms. The maximum atomic E-state index is 13.1. The van der Waals surface area contributed by atoms with Crippen LogP contribution in [0, 0.1) is 11.8 Å². The van der Waals surface area contributed by atoms with E-state index in [1.165, 1.54) is 263 Å². The number of aliphatic hydroxyl groups is 1. The molecule has 0 aliphatic heterocycles. The standard InChI is InChI=1S/C84H164O17P2/c1-7-9-11-13-15-17-19-21-22-23-26-31-37-43-49-55-61-67-82(87)95-73-80(100-83(88)68-62-56-50-44-38-32-27-24-25-29-34-40-46-52-58-64-76(3)4)75-99-103(92,93)97-71-78(85)70-96-102(90,91)98-74-79(72-94-81(86)66-60-54-48-42-36-20-18-16-14-12-10-8-2)101-84(89)69-63-57-51-45-39-33-28-30-35-41-47-53-59-65-77(5)6/h76-80,85H,7-75H2,1-6H3,(H,90,91)(H,92,93)/t78-,79+,80+/m0/s1. The van der Waals surface area contributed by atoms with Gasteiger partial charge in [-0.15, -0.1) is 0 Å². The van der Waals surface area contributed by atoms with Crippen LogP contribution in [0.2, 0.25) is 0 Å². The van der Waals surface area contributed by atoms with Gasteiger partial charge in [-0.3, -0.25) is 37.3 Å². The first-order valence-corrected chi connectivity index (χ1v) is 46.5.